The van der Waals surface area contributed by atoms with Crippen LogP contribution >= 0.6 is 0 Å². The molecule has 0 N–H and O–H groups in total. The Kier molecular flexibility index (Phi) is 11.7. The highest BCUT2D eigenvalue weighted by atomic mass is 15.1. The predicted molar refractivity (Wildman–Crippen MR) is 303 cm³/mol. The van der Waals surface area contributed by atoms with Gasteiger partial charge in [-0.15, -0.1) is 0 Å². The van der Waals surface area contributed by atoms with Crippen molar-refractivity contribution < 1.29 is 0 Å². The Labute approximate surface area is 457 Å². The van der Waals surface area contributed by atoms with Crippen LogP contribution in [0.4, 0.5) is 0 Å². The van der Waals surface area contributed by atoms with E-state index < -0.39 is 0 Å². The Balaban J connectivity index is 1.27. The highest BCUT2D eigenvalue weighted by molar-refractivity contribution is 6.14. The number of nitrogens with zero attached hydrogens (tertiary/aromatic N) is 13. The maximum atomic E-state index is 11.3. The first-order valence-corrected chi connectivity index (χ1v) is 24.9. The standard InChI is InChI=1S/C67H33N13/c1-38-76-39(2)78-67(77-38)66-64(79-60-26-44(52-6-4-3-5-48(52)34-72)10-17-56(60)57-18-11-45(27-61(57)79)53-14-7-40(30-68)21-49(53)35-73)24-43(33-71)25-65(66)80-62-28-46(54-15-8-41(31-69)22-50(54)36-74)12-19-58(62)59-20-13-47(29-63(59)80)55-16-9-42(32-70)23-51(55)37-75/h3-29H,1-2H3. The molecular weight excluding hydrogens is 987 g/mol. The number of hydrogen-bond donors (Lipinski definition) is 0. The predicted octanol–water partition coefficient (Wildman–Crippen LogP) is 14.0. The van der Waals surface area contributed by atoms with Gasteiger partial charge < -0.3 is 9.13 Å². The molecule has 3 aromatic heterocycles. The molecule has 0 saturated heterocycles. The number of aryl methyl sites for hydroxylation is 2. The minimum atomic E-state index is 0.261. The summed E-state index contributed by atoms with van der Waals surface area (Å²) in [6.07, 6.45) is 0. The van der Waals surface area contributed by atoms with Gasteiger partial charge in [-0.1, -0.05) is 84.9 Å². The third-order valence-corrected chi connectivity index (χ3v) is 14.4. The van der Waals surface area contributed by atoms with Gasteiger partial charge in [-0.05, 0) is 137 Å². The highest BCUT2D eigenvalue weighted by Crippen LogP contribution is 2.45. The van der Waals surface area contributed by atoms with Gasteiger partial charge >= 0.3 is 0 Å². The Morgan fingerprint density at radius 3 is 0.988 bits per heavy atom. The van der Waals surface area contributed by atoms with Gasteiger partial charge in [0.2, 0.25) is 0 Å². The Morgan fingerprint density at radius 2 is 0.650 bits per heavy atom. The molecule has 3 heterocycles. The SMILES string of the molecule is Cc1nc(C)nc(-c2c(-n3c4cc(-c5ccccc5C#N)ccc4c4ccc(-c5ccc(C#N)cc5C#N)cc43)cc(C#N)cc2-n2c3cc(-c4ccc(C#N)cc4C#N)ccc3c3ccc(-c4ccc(C#N)cc4C#N)cc32)n1. The molecule has 0 atom stereocenters. The van der Waals surface area contributed by atoms with Gasteiger partial charge in [0, 0.05) is 21.5 Å². The van der Waals surface area contributed by atoms with Gasteiger partial charge in [0.25, 0.3) is 0 Å². The van der Waals surface area contributed by atoms with Gasteiger partial charge in [-0.25, -0.2) is 15.0 Å². The maximum Gasteiger partial charge on any atom is 0.167 e. The molecule has 0 aliphatic heterocycles. The number of nitriles is 8. The normalized spacial score (nSPS) is 10.8. The lowest BCUT2D eigenvalue weighted by atomic mass is 9.96. The van der Waals surface area contributed by atoms with Crippen LogP contribution in [0.3, 0.4) is 0 Å². The number of aromatic nitrogens is 5. The van der Waals surface area contributed by atoms with E-state index in [0.29, 0.717) is 129 Å². The van der Waals surface area contributed by atoms with Crippen molar-refractivity contribution in [3.8, 4) is 116 Å². The lowest BCUT2D eigenvalue weighted by molar-refractivity contribution is 0.924. The fourth-order valence-corrected chi connectivity index (χ4v) is 10.9. The minimum Gasteiger partial charge on any atom is -0.308 e. The minimum absolute atomic E-state index is 0.261. The highest BCUT2D eigenvalue weighted by Gasteiger charge is 2.27. The molecule has 13 nitrogen and oxygen atoms in total. The Hall–Kier alpha value is -12.5. The number of benzene rings is 9. The Bertz CT molecular complexity index is 4940. The van der Waals surface area contributed by atoms with Crippen LogP contribution in [0.15, 0.2) is 164 Å². The molecule has 0 fully saturated rings. The fourth-order valence-electron chi connectivity index (χ4n) is 10.9. The monoisotopic (exact) mass is 1020 g/mol. The van der Waals surface area contributed by atoms with Gasteiger partial charge in [-0.2, -0.15) is 42.1 Å². The molecular formula is C67H33N13. The van der Waals surface area contributed by atoms with Crippen LogP contribution in [0, 0.1) is 104 Å². The topological polar surface area (TPSA) is 239 Å². The number of rotatable bonds is 7. The maximum absolute atomic E-state index is 11.3. The molecule has 0 aliphatic carbocycles. The summed E-state index contributed by atoms with van der Waals surface area (Å²) in [4.78, 5) is 14.7. The van der Waals surface area contributed by atoms with Crippen molar-refractivity contribution in [2.45, 2.75) is 13.8 Å². The van der Waals surface area contributed by atoms with Gasteiger partial charge in [-0.3, -0.25) is 0 Å². The zero-order chi connectivity index (χ0) is 55.3. The average Bonchev–Trinajstić information content (AvgIpc) is 4.23. The van der Waals surface area contributed by atoms with E-state index in [1.54, 1.807) is 86.6 Å². The molecule has 0 amide bonds. The summed E-state index contributed by atoms with van der Waals surface area (Å²) >= 11 is 0. The van der Waals surface area contributed by atoms with Gasteiger partial charge in [0.1, 0.15) is 11.6 Å². The molecule has 0 unspecified atom stereocenters. The van der Waals surface area contributed by atoms with Crippen molar-refractivity contribution in [1.29, 1.82) is 42.1 Å². The smallest absolute Gasteiger partial charge is 0.167 e. The summed E-state index contributed by atoms with van der Waals surface area (Å²) in [5.74, 6) is 1.14. The molecule has 0 saturated carbocycles. The van der Waals surface area contributed by atoms with E-state index in [2.05, 4.69) is 58.1 Å². The molecule has 0 aliphatic rings. The van der Waals surface area contributed by atoms with E-state index >= 15 is 0 Å². The Morgan fingerprint density at radius 1 is 0.312 bits per heavy atom. The summed E-state index contributed by atoms with van der Waals surface area (Å²) in [7, 11) is 0. The zero-order valence-electron chi connectivity index (χ0n) is 42.4. The second-order valence-corrected chi connectivity index (χ2v) is 19.0. The van der Waals surface area contributed by atoms with Crippen LogP contribution in [0.1, 0.15) is 56.2 Å². The van der Waals surface area contributed by atoms with E-state index in [9.17, 15) is 42.1 Å². The number of hydrogen-bond acceptors (Lipinski definition) is 11. The van der Waals surface area contributed by atoms with Crippen molar-refractivity contribution in [2.24, 2.45) is 0 Å². The van der Waals surface area contributed by atoms with Crippen LogP contribution < -0.4 is 0 Å². The van der Waals surface area contributed by atoms with Crippen LogP contribution in [0.2, 0.25) is 0 Å². The second kappa shape index (κ2) is 19.3. The zero-order valence-corrected chi connectivity index (χ0v) is 42.4. The fraction of sp³-hybridized carbons (Fsp3) is 0.0299. The molecule has 80 heavy (non-hydrogen) atoms. The van der Waals surface area contributed by atoms with Crippen molar-refractivity contribution in [2.75, 3.05) is 0 Å². The van der Waals surface area contributed by atoms with Gasteiger partial charge in [0.05, 0.1) is 132 Å². The molecule has 366 valence electrons. The van der Waals surface area contributed by atoms with Crippen molar-refractivity contribution in [1.82, 2.24) is 24.1 Å². The third-order valence-electron chi connectivity index (χ3n) is 14.4. The summed E-state index contributed by atoms with van der Waals surface area (Å²) in [5.41, 5.74) is 12.1. The van der Waals surface area contributed by atoms with E-state index in [-0.39, 0.29) is 11.4 Å². The summed E-state index contributed by atoms with van der Waals surface area (Å²) < 4.78 is 4.11. The quantitative estimate of drug-likeness (QED) is 0.145. The first kappa shape index (κ1) is 48.4. The largest absolute Gasteiger partial charge is 0.308 e. The number of fused-ring (bicyclic) bond motifs is 6. The van der Waals surface area contributed by atoms with E-state index in [0.717, 1.165) is 27.1 Å². The van der Waals surface area contributed by atoms with E-state index in [4.69, 9.17) is 9.97 Å². The lowest BCUT2D eigenvalue weighted by Crippen LogP contribution is -2.08. The first-order chi connectivity index (χ1) is 39.1. The lowest BCUT2D eigenvalue weighted by Gasteiger charge is -2.21. The molecule has 0 bridgehead atoms. The average molecular weight is 1020 g/mol. The second-order valence-electron chi connectivity index (χ2n) is 19.0. The molecule has 12 aromatic rings. The van der Waals surface area contributed by atoms with E-state index in [1.165, 1.54) is 0 Å². The molecule has 0 spiro atoms. The van der Waals surface area contributed by atoms with E-state index in [1.807, 2.05) is 95.6 Å². The molecule has 9 aromatic carbocycles. The third kappa shape index (κ3) is 7.92. The first-order valence-electron chi connectivity index (χ1n) is 24.9. The summed E-state index contributed by atoms with van der Waals surface area (Å²) in [6.45, 7) is 3.57. The molecule has 12 rings (SSSR count). The van der Waals surface area contributed by atoms with Crippen LogP contribution in [0.5, 0.6) is 0 Å². The molecule has 0 radical (unpaired) electrons. The van der Waals surface area contributed by atoms with Crippen LogP contribution in [-0.2, 0) is 0 Å². The summed E-state index contributed by atoms with van der Waals surface area (Å²) in [5, 5.41) is 85.7. The van der Waals surface area contributed by atoms with Crippen LogP contribution in [0.25, 0.3) is 111 Å². The van der Waals surface area contributed by atoms with Gasteiger partial charge in [0.15, 0.2) is 5.82 Å². The van der Waals surface area contributed by atoms with Crippen molar-refractivity contribution >= 4 is 43.6 Å². The van der Waals surface area contributed by atoms with Crippen molar-refractivity contribution in [3.05, 3.63) is 220 Å². The summed E-state index contributed by atoms with van der Waals surface area (Å²) in [6, 6.07) is 67.7. The van der Waals surface area contributed by atoms with Crippen LogP contribution in [-0.4, -0.2) is 24.1 Å². The molecule has 13 heteroatoms. The van der Waals surface area contributed by atoms with Crippen molar-refractivity contribution in [3.63, 3.8) is 0 Å².